The predicted octanol–water partition coefficient (Wildman–Crippen LogP) is 5.39. The molecule has 0 bridgehead atoms. The summed E-state index contributed by atoms with van der Waals surface area (Å²) >= 11 is 0. The number of rotatable bonds is 7. The maximum Gasteiger partial charge on any atom is 0.253 e. The minimum absolute atomic E-state index is 0.0674. The molecule has 4 aromatic rings. The molecule has 3 aromatic carbocycles. The predicted molar refractivity (Wildman–Crippen MR) is 149 cm³/mol. The van der Waals surface area contributed by atoms with Gasteiger partial charge in [-0.15, -0.1) is 0 Å². The number of carbonyl (C=O) groups is 2. The Balaban J connectivity index is 1.21. The van der Waals surface area contributed by atoms with Crippen molar-refractivity contribution in [2.24, 2.45) is 11.7 Å². The molecule has 2 amide bonds. The van der Waals surface area contributed by atoms with Gasteiger partial charge in [0.15, 0.2) is 0 Å². The lowest BCUT2D eigenvalue weighted by Gasteiger charge is -2.32. The molecule has 1 fully saturated rings. The van der Waals surface area contributed by atoms with Crippen LogP contribution in [0.5, 0.6) is 0 Å². The Morgan fingerprint density at radius 1 is 0.947 bits per heavy atom. The van der Waals surface area contributed by atoms with E-state index in [1.165, 1.54) is 5.56 Å². The molecule has 0 atom stereocenters. The number of likely N-dealkylation sites (tertiary alicyclic amines) is 1. The number of benzene rings is 3. The van der Waals surface area contributed by atoms with Gasteiger partial charge in [0.05, 0.1) is 5.69 Å². The molecular formula is C31H31N5O2. The molecule has 192 valence electrons. The third-order valence-electron chi connectivity index (χ3n) is 7.19. The highest BCUT2D eigenvalue weighted by Gasteiger charge is 2.24. The SMILES string of the molecule is Cc1c(C(N)=O)cccc1-c1ccnc(Nc2ccc(C(=O)N3CCC(Cc4ccccc4)CC3)cc2)n1. The third kappa shape index (κ3) is 5.72. The summed E-state index contributed by atoms with van der Waals surface area (Å²) < 4.78 is 0. The average molecular weight is 506 g/mol. The maximum absolute atomic E-state index is 13.1. The van der Waals surface area contributed by atoms with Crippen molar-refractivity contribution in [2.45, 2.75) is 26.2 Å². The number of nitrogens with zero attached hydrogens (tertiary/aromatic N) is 3. The van der Waals surface area contributed by atoms with Gasteiger partial charge in [-0.25, -0.2) is 9.97 Å². The number of aromatic nitrogens is 2. The Morgan fingerprint density at radius 3 is 2.39 bits per heavy atom. The first-order valence-electron chi connectivity index (χ1n) is 12.9. The number of amides is 2. The molecule has 1 aliphatic rings. The topological polar surface area (TPSA) is 101 Å². The zero-order valence-electron chi connectivity index (χ0n) is 21.4. The van der Waals surface area contributed by atoms with Crippen LogP contribution in [0.1, 0.15) is 44.7 Å². The van der Waals surface area contributed by atoms with Crippen molar-refractivity contribution in [1.82, 2.24) is 14.9 Å². The summed E-state index contributed by atoms with van der Waals surface area (Å²) in [4.78, 5) is 35.7. The monoisotopic (exact) mass is 505 g/mol. The molecule has 0 radical (unpaired) electrons. The van der Waals surface area contributed by atoms with Gasteiger partial charge in [0.2, 0.25) is 11.9 Å². The fourth-order valence-corrected chi connectivity index (χ4v) is 5.04. The van der Waals surface area contributed by atoms with Crippen LogP contribution in [0.25, 0.3) is 11.3 Å². The largest absolute Gasteiger partial charge is 0.366 e. The number of piperidine rings is 1. The number of hydrogen-bond acceptors (Lipinski definition) is 5. The lowest BCUT2D eigenvalue weighted by atomic mass is 9.90. The van der Waals surface area contributed by atoms with E-state index in [4.69, 9.17) is 5.73 Å². The van der Waals surface area contributed by atoms with Gasteiger partial charge in [0.1, 0.15) is 0 Å². The molecular weight excluding hydrogens is 474 g/mol. The van der Waals surface area contributed by atoms with E-state index >= 15 is 0 Å². The molecule has 3 N–H and O–H groups in total. The van der Waals surface area contributed by atoms with Crippen molar-refractivity contribution in [3.63, 3.8) is 0 Å². The zero-order chi connectivity index (χ0) is 26.5. The standard InChI is InChI=1S/C31H31N5O2/c1-21-26(8-5-9-27(21)29(32)37)28-14-17-33-31(35-28)34-25-12-10-24(11-13-25)30(38)36-18-15-23(16-19-36)20-22-6-3-2-4-7-22/h2-14,17,23H,15-16,18-20H2,1H3,(H2,32,37)(H,33,34,35). The molecule has 1 aliphatic heterocycles. The number of nitrogens with one attached hydrogen (secondary N) is 1. The second-order valence-electron chi connectivity index (χ2n) is 9.74. The molecule has 2 heterocycles. The van der Waals surface area contributed by atoms with Crippen molar-refractivity contribution in [3.8, 4) is 11.3 Å². The lowest BCUT2D eigenvalue weighted by molar-refractivity contribution is 0.0690. The third-order valence-corrected chi connectivity index (χ3v) is 7.19. The molecule has 1 aromatic heterocycles. The second-order valence-corrected chi connectivity index (χ2v) is 9.74. The van der Waals surface area contributed by atoms with Crippen LogP contribution in [0.2, 0.25) is 0 Å². The average Bonchev–Trinajstić information content (AvgIpc) is 2.94. The Hall–Kier alpha value is -4.52. The van der Waals surface area contributed by atoms with Crippen LogP contribution in [-0.2, 0) is 6.42 Å². The van der Waals surface area contributed by atoms with E-state index in [-0.39, 0.29) is 5.91 Å². The molecule has 1 saturated heterocycles. The van der Waals surface area contributed by atoms with Crippen molar-refractivity contribution >= 4 is 23.5 Å². The van der Waals surface area contributed by atoms with E-state index in [9.17, 15) is 9.59 Å². The second kappa shape index (κ2) is 11.3. The summed E-state index contributed by atoms with van der Waals surface area (Å²) in [5, 5.41) is 3.21. The molecule has 0 aliphatic carbocycles. The minimum atomic E-state index is -0.469. The maximum atomic E-state index is 13.1. The first-order valence-corrected chi connectivity index (χ1v) is 12.9. The Bertz CT molecular complexity index is 1430. The Morgan fingerprint density at radius 2 is 1.68 bits per heavy atom. The molecule has 7 heteroatoms. The van der Waals surface area contributed by atoms with Crippen molar-refractivity contribution in [1.29, 1.82) is 0 Å². The zero-order valence-corrected chi connectivity index (χ0v) is 21.4. The van der Waals surface area contributed by atoms with Gasteiger partial charge < -0.3 is 16.0 Å². The fraction of sp³-hybridized carbons (Fsp3) is 0.226. The van der Waals surface area contributed by atoms with Gasteiger partial charge in [-0.2, -0.15) is 0 Å². The van der Waals surface area contributed by atoms with Gasteiger partial charge in [-0.05, 0) is 79.6 Å². The van der Waals surface area contributed by atoms with E-state index in [0.717, 1.165) is 49.2 Å². The van der Waals surface area contributed by atoms with E-state index in [2.05, 4.69) is 39.6 Å². The van der Waals surface area contributed by atoms with Crippen LogP contribution in [0.15, 0.2) is 85.1 Å². The molecule has 7 nitrogen and oxygen atoms in total. The van der Waals surface area contributed by atoms with Crippen LogP contribution < -0.4 is 11.1 Å². The minimum Gasteiger partial charge on any atom is -0.366 e. The highest BCUT2D eigenvalue weighted by Crippen LogP contribution is 2.26. The molecule has 38 heavy (non-hydrogen) atoms. The van der Waals surface area contributed by atoms with Gasteiger partial charge in [0, 0.05) is 41.7 Å². The smallest absolute Gasteiger partial charge is 0.253 e. The van der Waals surface area contributed by atoms with Crippen molar-refractivity contribution in [2.75, 3.05) is 18.4 Å². The van der Waals surface area contributed by atoms with E-state index in [1.54, 1.807) is 24.4 Å². The number of anilines is 2. The molecule has 0 unspecified atom stereocenters. The first kappa shape index (κ1) is 25.1. The lowest BCUT2D eigenvalue weighted by Crippen LogP contribution is -2.38. The summed E-state index contributed by atoms with van der Waals surface area (Å²) in [6, 6.07) is 25.2. The van der Waals surface area contributed by atoms with Gasteiger partial charge >= 0.3 is 0 Å². The van der Waals surface area contributed by atoms with Gasteiger partial charge in [0.25, 0.3) is 5.91 Å². The number of carbonyl (C=O) groups excluding carboxylic acids is 2. The van der Waals surface area contributed by atoms with E-state index < -0.39 is 5.91 Å². The number of primary amides is 1. The fourth-order valence-electron chi connectivity index (χ4n) is 5.04. The summed E-state index contributed by atoms with van der Waals surface area (Å²) in [6.07, 6.45) is 4.79. The van der Waals surface area contributed by atoms with Crippen LogP contribution in [0.4, 0.5) is 11.6 Å². The van der Waals surface area contributed by atoms with Gasteiger partial charge in [-0.3, -0.25) is 9.59 Å². The summed E-state index contributed by atoms with van der Waals surface area (Å²) in [7, 11) is 0. The molecule has 0 saturated carbocycles. The summed E-state index contributed by atoms with van der Waals surface area (Å²) in [5.41, 5.74) is 11.1. The van der Waals surface area contributed by atoms with Crippen LogP contribution in [-0.4, -0.2) is 39.8 Å². The van der Waals surface area contributed by atoms with Crippen molar-refractivity contribution in [3.05, 3.63) is 107 Å². The normalized spacial score (nSPS) is 13.8. The van der Waals surface area contributed by atoms with Crippen LogP contribution in [0.3, 0.4) is 0 Å². The first-order chi connectivity index (χ1) is 18.5. The summed E-state index contributed by atoms with van der Waals surface area (Å²) in [6.45, 7) is 3.42. The number of nitrogens with two attached hydrogens (primary N) is 1. The Labute approximate surface area is 222 Å². The quantitative estimate of drug-likeness (QED) is 0.351. The molecule has 5 rings (SSSR count). The van der Waals surface area contributed by atoms with E-state index in [0.29, 0.717) is 28.7 Å². The molecule has 0 spiro atoms. The highest BCUT2D eigenvalue weighted by molar-refractivity contribution is 5.96. The van der Waals surface area contributed by atoms with E-state index in [1.807, 2.05) is 48.2 Å². The van der Waals surface area contributed by atoms with Crippen LogP contribution in [0, 0.1) is 12.8 Å². The highest BCUT2D eigenvalue weighted by atomic mass is 16.2. The Kier molecular flexibility index (Phi) is 7.45. The van der Waals surface area contributed by atoms with Crippen molar-refractivity contribution < 1.29 is 9.59 Å². The summed E-state index contributed by atoms with van der Waals surface area (Å²) in [5.74, 6) is 0.637. The van der Waals surface area contributed by atoms with Gasteiger partial charge in [-0.1, -0.05) is 42.5 Å². The van der Waals surface area contributed by atoms with Crippen LogP contribution >= 0.6 is 0 Å². The number of hydrogen-bond donors (Lipinski definition) is 2.